The van der Waals surface area contributed by atoms with Gasteiger partial charge in [-0.05, 0) is 37.8 Å². The molecule has 1 aromatic rings. The molecule has 1 saturated heterocycles. The van der Waals surface area contributed by atoms with Crippen LogP contribution in [0.1, 0.15) is 44.9 Å². The van der Waals surface area contributed by atoms with Gasteiger partial charge in [-0.1, -0.05) is 42.5 Å². The molecule has 0 bridgehead atoms. The van der Waals surface area contributed by atoms with E-state index >= 15 is 0 Å². The van der Waals surface area contributed by atoms with Crippen molar-refractivity contribution in [3.05, 3.63) is 28.2 Å². The Labute approximate surface area is 164 Å². The van der Waals surface area contributed by atoms with Gasteiger partial charge < -0.3 is 15.0 Å². The minimum absolute atomic E-state index is 0.0384. The van der Waals surface area contributed by atoms with E-state index in [2.05, 4.69) is 5.32 Å². The van der Waals surface area contributed by atoms with E-state index in [1.807, 2.05) is 0 Å². The van der Waals surface area contributed by atoms with Crippen LogP contribution in [0.3, 0.4) is 0 Å². The first-order valence-electron chi connectivity index (χ1n) is 9.22. The Balaban J connectivity index is 1.55. The number of hydrogen-bond donors (Lipinski definition) is 1. The van der Waals surface area contributed by atoms with E-state index in [0.717, 1.165) is 32.1 Å². The van der Waals surface area contributed by atoms with Crippen LogP contribution in [0, 0.1) is 0 Å². The predicted octanol–water partition coefficient (Wildman–Crippen LogP) is 3.81. The van der Waals surface area contributed by atoms with E-state index in [0.29, 0.717) is 28.8 Å². The van der Waals surface area contributed by atoms with Crippen molar-refractivity contribution in [3.8, 4) is 5.75 Å². The van der Waals surface area contributed by atoms with E-state index in [1.54, 1.807) is 23.1 Å². The van der Waals surface area contributed by atoms with Crippen LogP contribution >= 0.6 is 23.2 Å². The summed E-state index contributed by atoms with van der Waals surface area (Å²) in [7, 11) is 0. The maximum Gasteiger partial charge on any atom is 0.261 e. The number of ether oxygens (including phenoxy) is 1. The Hall–Kier alpha value is -1.46. The van der Waals surface area contributed by atoms with Crippen molar-refractivity contribution in [2.75, 3.05) is 13.2 Å². The molecule has 1 aliphatic heterocycles. The quantitative estimate of drug-likeness (QED) is 0.819. The van der Waals surface area contributed by atoms with Gasteiger partial charge in [-0.3, -0.25) is 9.59 Å². The number of halogens is 2. The summed E-state index contributed by atoms with van der Waals surface area (Å²) < 4.78 is 5.53. The summed E-state index contributed by atoms with van der Waals surface area (Å²) in [4.78, 5) is 26.8. The minimum Gasteiger partial charge on any atom is -0.482 e. The van der Waals surface area contributed by atoms with Crippen molar-refractivity contribution in [1.29, 1.82) is 0 Å². The second-order valence-corrected chi connectivity index (χ2v) is 7.80. The molecule has 1 aromatic carbocycles. The summed E-state index contributed by atoms with van der Waals surface area (Å²) in [6, 6.07) is 4.71. The average Bonchev–Trinajstić information content (AvgIpc) is 3.13. The highest BCUT2D eigenvalue weighted by molar-refractivity contribution is 6.34. The van der Waals surface area contributed by atoms with Crippen LogP contribution in [0.5, 0.6) is 5.75 Å². The van der Waals surface area contributed by atoms with Crippen LogP contribution in [-0.4, -0.2) is 41.9 Å². The smallest absolute Gasteiger partial charge is 0.261 e. The molecule has 1 saturated carbocycles. The lowest BCUT2D eigenvalue weighted by molar-refractivity contribution is -0.140. The van der Waals surface area contributed by atoms with Crippen LogP contribution in [-0.2, 0) is 9.59 Å². The molecule has 0 unspecified atom stereocenters. The molecule has 2 aliphatic rings. The third kappa shape index (κ3) is 4.83. The molecule has 0 spiro atoms. The number of rotatable bonds is 5. The first kappa shape index (κ1) is 19.3. The highest BCUT2D eigenvalue weighted by Gasteiger charge is 2.35. The molecule has 26 heavy (non-hydrogen) atoms. The van der Waals surface area contributed by atoms with Crippen molar-refractivity contribution in [2.24, 2.45) is 0 Å². The lowest BCUT2D eigenvalue weighted by atomic mass is 9.95. The third-order valence-corrected chi connectivity index (χ3v) is 5.62. The third-order valence-electron chi connectivity index (χ3n) is 5.07. The summed E-state index contributed by atoms with van der Waals surface area (Å²) in [5, 5.41) is 4.01. The number of amides is 2. The summed E-state index contributed by atoms with van der Waals surface area (Å²) in [5.74, 6) is 0.126. The van der Waals surface area contributed by atoms with Gasteiger partial charge in [0, 0.05) is 23.7 Å². The van der Waals surface area contributed by atoms with Crippen molar-refractivity contribution < 1.29 is 14.3 Å². The van der Waals surface area contributed by atoms with Crippen molar-refractivity contribution in [2.45, 2.75) is 57.0 Å². The van der Waals surface area contributed by atoms with Crippen molar-refractivity contribution >= 4 is 35.0 Å². The van der Waals surface area contributed by atoms with Crippen LogP contribution in [0.2, 0.25) is 10.0 Å². The fraction of sp³-hybridized carbons (Fsp3) is 0.579. The number of nitrogens with one attached hydrogen (secondary N) is 1. The van der Waals surface area contributed by atoms with Crippen molar-refractivity contribution in [1.82, 2.24) is 10.2 Å². The van der Waals surface area contributed by atoms with E-state index < -0.39 is 6.04 Å². The zero-order chi connectivity index (χ0) is 18.5. The first-order chi connectivity index (χ1) is 12.5. The SMILES string of the molecule is O=C(NC1CCCCC1)[C@H]1CCCN1C(=O)COc1cc(Cl)ccc1Cl. The Kier molecular flexibility index (Phi) is 6.65. The van der Waals surface area contributed by atoms with Gasteiger partial charge in [-0.2, -0.15) is 0 Å². The van der Waals surface area contributed by atoms with E-state index in [4.69, 9.17) is 27.9 Å². The highest BCUT2D eigenvalue weighted by atomic mass is 35.5. The molecule has 142 valence electrons. The normalized spacial score (nSPS) is 20.8. The minimum atomic E-state index is -0.400. The molecule has 1 N–H and O–H groups in total. The molecule has 2 fully saturated rings. The Morgan fingerprint density at radius 1 is 1.12 bits per heavy atom. The molecular weight excluding hydrogens is 375 g/mol. The predicted molar refractivity (Wildman–Crippen MR) is 102 cm³/mol. The molecule has 2 amide bonds. The molecule has 1 heterocycles. The Morgan fingerprint density at radius 2 is 1.88 bits per heavy atom. The number of nitrogens with zero attached hydrogens (tertiary/aromatic N) is 1. The molecule has 7 heteroatoms. The zero-order valence-electron chi connectivity index (χ0n) is 14.7. The molecular formula is C19H24Cl2N2O3. The fourth-order valence-corrected chi connectivity index (χ4v) is 4.03. The van der Waals surface area contributed by atoms with Gasteiger partial charge in [0.25, 0.3) is 5.91 Å². The van der Waals surface area contributed by atoms with Gasteiger partial charge in [0.05, 0.1) is 5.02 Å². The standard InChI is InChI=1S/C19H24Cl2N2O3/c20-13-8-9-15(21)17(11-13)26-12-18(24)23-10-4-7-16(23)19(25)22-14-5-2-1-3-6-14/h8-9,11,14,16H,1-7,10,12H2,(H,22,25)/t16-/m1/s1. The summed E-state index contributed by atoms with van der Waals surface area (Å²) in [6.45, 7) is 0.418. The summed E-state index contributed by atoms with van der Waals surface area (Å²) >= 11 is 12.0. The van der Waals surface area contributed by atoms with Crippen LogP contribution in [0.4, 0.5) is 0 Å². The van der Waals surface area contributed by atoms with Gasteiger partial charge in [-0.25, -0.2) is 0 Å². The maximum absolute atomic E-state index is 12.6. The molecule has 1 aliphatic carbocycles. The van der Waals surface area contributed by atoms with Crippen LogP contribution in [0.15, 0.2) is 18.2 Å². The van der Waals surface area contributed by atoms with Crippen molar-refractivity contribution in [3.63, 3.8) is 0 Å². The average molecular weight is 399 g/mol. The highest BCUT2D eigenvalue weighted by Crippen LogP contribution is 2.28. The number of carbonyl (C=O) groups excluding carboxylic acids is 2. The first-order valence-corrected chi connectivity index (χ1v) is 9.98. The van der Waals surface area contributed by atoms with E-state index in [9.17, 15) is 9.59 Å². The lowest BCUT2D eigenvalue weighted by Crippen LogP contribution is -2.50. The van der Waals surface area contributed by atoms with E-state index in [-0.39, 0.29) is 24.5 Å². The molecule has 0 radical (unpaired) electrons. The van der Waals surface area contributed by atoms with Gasteiger partial charge in [-0.15, -0.1) is 0 Å². The lowest BCUT2D eigenvalue weighted by Gasteiger charge is -2.28. The zero-order valence-corrected chi connectivity index (χ0v) is 16.2. The number of hydrogen-bond acceptors (Lipinski definition) is 3. The topological polar surface area (TPSA) is 58.6 Å². The summed E-state index contributed by atoms with van der Waals surface area (Å²) in [6.07, 6.45) is 7.14. The van der Waals surface area contributed by atoms with Gasteiger partial charge in [0.2, 0.25) is 5.91 Å². The van der Waals surface area contributed by atoms with Crippen LogP contribution < -0.4 is 10.1 Å². The molecule has 0 aromatic heterocycles. The second-order valence-electron chi connectivity index (χ2n) is 6.95. The van der Waals surface area contributed by atoms with Gasteiger partial charge >= 0.3 is 0 Å². The maximum atomic E-state index is 12.6. The molecule has 1 atom stereocenters. The Morgan fingerprint density at radius 3 is 2.65 bits per heavy atom. The van der Waals surface area contributed by atoms with E-state index in [1.165, 1.54) is 6.42 Å². The summed E-state index contributed by atoms with van der Waals surface area (Å²) in [5.41, 5.74) is 0. The largest absolute Gasteiger partial charge is 0.482 e. The van der Waals surface area contributed by atoms with Gasteiger partial charge in [0.15, 0.2) is 6.61 Å². The number of carbonyl (C=O) groups is 2. The second kappa shape index (κ2) is 8.96. The number of likely N-dealkylation sites (tertiary alicyclic amines) is 1. The fourth-order valence-electron chi connectivity index (χ4n) is 3.69. The van der Waals surface area contributed by atoms with Gasteiger partial charge in [0.1, 0.15) is 11.8 Å². The monoisotopic (exact) mass is 398 g/mol. The Bertz CT molecular complexity index is 662. The molecule has 3 rings (SSSR count). The number of benzene rings is 1. The molecule has 5 nitrogen and oxygen atoms in total. The van der Waals surface area contributed by atoms with Crippen LogP contribution in [0.25, 0.3) is 0 Å².